The van der Waals surface area contributed by atoms with E-state index in [0.717, 1.165) is 35.7 Å². The summed E-state index contributed by atoms with van der Waals surface area (Å²) in [4.78, 5) is 15.8. The summed E-state index contributed by atoms with van der Waals surface area (Å²) in [6.45, 7) is 6.30. The summed E-state index contributed by atoms with van der Waals surface area (Å²) in [5.74, 6) is 0.167. The van der Waals surface area contributed by atoms with Gasteiger partial charge in [0.25, 0.3) is 5.91 Å². The number of rotatable bonds is 1. The predicted molar refractivity (Wildman–Crippen MR) is 70.5 cm³/mol. The first-order valence-electron chi connectivity index (χ1n) is 5.55. The maximum absolute atomic E-state index is 12.1. The van der Waals surface area contributed by atoms with Crippen molar-refractivity contribution < 1.29 is 4.79 Å². The van der Waals surface area contributed by atoms with Gasteiger partial charge in [0, 0.05) is 23.4 Å². The summed E-state index contributed by atoms with van der Waals surface area (Å²) in [7, 11) is 0. The average Bonchev–Trinajstić information content (AvgIpc) is 2.64. The van der Waals surface area contributed by atoms with E-state index in [-0.39, 0.29) is 5.91 Å². The quantitative estimate of drug-likeness (QED) is 0.763. The molecule has 0 aliphatic carbocycles. The van der Waals surface area contributed by atoms with Crippen molar-refractivity contribution in [2.45, 2.75) is 31.6 Å². The van der Waals surface area contributed by atoms with Crippen LogP contribution in [0.4, 0.5) is 0 Å². The molecule has 4 heteroatoms. The lowest BCUT2D eigenvalue weighted by Gasteiger charge is -2.36. The van der Waals surface area contributed by atoms with Crippen LogP contribution >= 0.6 is 24.0 Å². The van der Waals surface area contributed by atoms with Gasteiger partial charge in [-0.3, -0.25) is 4.79 Å². The molecule has 1 fully saturated rings. The number of piperidine rings is 1. The molecule has 0 saturated carbocycles. The third-order valence-electron chi connectivity index (χ3n) is 3.20. The van der Waals surface area contributed by atoms with Gasteiger partial charge in [-0.2, -0.15) is 0 Å². The molecule has 16 heavy (non-hydrogen) atoms. The van der Waals surface area contributed by atoms with Crippen molar-refractivity contribution in [1.29, 1.82) is 0 Å². The van der Waals surface area contributed by atoms with Gasteiger partial charge in [-0.25, -0.2) is 0 Å². The molecule has 0 spiro atoms. The molecule has 2 rings (SSSR count). The first-order valence-corrected chi connectivity index (χ1v) is 6.87. The van der Waals surface area contributed by atoms with Crippen molar-refractivity contribution in [3.05, 3.63) is 16.3 Å². The molecule has 1 aromatic heterocycles. The highest BCUT2D eigenvalue weighted by Crippen LogP contribution is 2.31. The highest BCUT2D eigenvalue weighted by Gasteiger charge is 2.28. The summed E-state index contributed by atoms with van der Waals surface area (Å²) in [6.07, 6.45) is 2.19. The Morgan fingerprint density at radius 3 is 2.56 bits per heavy atom. The number of carbonyl (C=O) groups is 1. The molecule has 2 nitrogen and oxygen atoms in total. The molecule has 0 N–H and O–H groups in total. The zero-order valence-electron chi connectivity index (χ0n) is 9.69. The number of amides is 1. The Kier molecular flexibility index (Phi) is 3.31. The van der Waals surface area contributed by atoms with E-state index in [4.69, 9.17) is 0 Å². The standard InChI is InChI=1S/C12H17NOS2/c1-12(2)3-5-13(6-4-12)11(14)10-7-9(15)8-16-10/h7-8,15H,3-6H2,1-2H3. The van der Waals surface area contributed by atoms with Gasteiger partial charge >= 0.3 is 0 Å². The maximum atomic E-state index is 12.1. The topological polar surface area (TPSA) is 20.3 Å². The zero-order chi connectivity index (χ0) is 11.8. The van der Waals surface area contributed by atoms with Crippen LogP contribution in [0, 0.1) is 5.41 Å². The number of nitrogens with zero attached hydrogens (tertiary/aromatic N) is 1. The first kappa shape index (κ1) is 12.0. The number of thiophene rings is 1. The van der Waals surface area contributed by atoms with Crippen molar-refractivity contribution in [2.75, 3.05) is 13.1 Å². The predicted octanol–water partition coefficient (Wildman–Crippen LogP) is 3.30. The number of thiol groups is 1. The number of carbonyl (C=O) groups excluding carboxylic acids is 1. The average molecular weight is 255 g/mol. The molecule has 0 atom stereocenters. The van der Waals surface area contributed by atoms with Crippen LogP contribution in [0.2, 0.25) is 0 Å². The molecular formula is C12H17NOS2. The summed E-state index contributed by atoms with van der Waals surface area (Å²) >= 11 is 5.71. The van der Waals surface area contributed by atoms with Crippen LogP contribution in [0.5, 0.6) is 0 Å². The van der Waals surface area contributed by atoms with Crippen molar-refractivity contribution in [1.82, 2.24) is 4.90 Å². The van der Waals surface area contributed by atoms with E-state index in [1.54, 1.807) is 0 Å². The van der Waals surface area contributed by atoms with Gasteiger partial charge in [-0.15, -0.1) is 24.0 Å². The fourth-order valence-electron chi connectivity index (χ4n) is 1.91. The third-order valence-corrected chi connectivity index (χ3v) is 4.55. The van der Waals surface area contributed by atoms with Crippen LogP contribution in [-0.2, 0) is 0 Å². The van der Waals surface area contributed by atoms with Gasteiger partial charge < -0.3 is 4.90 Å². The Morgan fingerprint density at radius 2 is 2.06 bits per heavy atom. The van der Waals surface area contributed by atoms with E-state index in [1.807, 2.05) is 16.3 Å². The minimum atomic E-state index is 0.167. The monoisotopic (exact) mass is 255 g/mol. The van der Waals surface area contributed by atoms with Gasteiger partial charge in [0.1, 0.15) is 0 Å². The van der Waals surface area contributed by atoms with Crippen molar-refractivity contribution >= 4 is 29.9 Å². The Morgan fingerprint density at radius 1 is 1.44 bits per heavy atom. The van der Waals surface area contributed by atoms with E-state index in [9.17, 15) is 4.79 Å². The maximum Gasteiger partial charge on any atom is 0.263 e. The SMILES string of the molecule is CC1(C)CCN(C(=O)c2cc(S)cs2)CC1. The van der Waals surface area contributed by atoms with Crippen molar-refractivity contribution in [3.8, 4) is 0 Å². The highest BCUT2D eigenvalue weighted by molar-refractivity contribution is 7.80. The molecule has 1 aliphatic rings. The summed E-state index contributed by atoms with van der Waals surface area (Å²) in [5, 5.41) is 1.91. The lowest BCUT2D eigenvalue weighted by atomic mass is 9.82. The second-order valence-corrected chi connectivity index (χ2v) is 6.55. The van der Waals surface area contributed by atoms with E-state index in [2.05, 4.69) is 26.5 Å². The lowest BCUT2D eigenvalue weighted by Crippen LogP contribution is -2.40. The van der Waals surface area contributed by atoms with Crippen LogP contribution < -0.4 is 0 Å². The fraction of sp³-hybridized carbons (Fsp3) is 0.583. The normalized spacial score (nSPS) is 19.8. The Balaban J connectivity index is 2.02. The van der Waals surface area contributed by atoms with E-state index in [1.165, 1.54) is 11.3 Å². The lowest BCUT2D eigenvalue weighted by molar-refractivity contribution is 0.0635. The molecule has 0 radical (unpaired) electrons. The first-order chi connectivity index (χ1) is 7.48. The summed E-state index contributed by atoms with van der Waals surface area (Å²) in [5.41, 5.74) is 0.390. The molecular weight excluding hydrogens is 238 g/mol. The van der Waals surface area contributed by atoms with Gasteiger partial charge in [0.2, 0.25) is 0 Å². The highest BCUT2D eigenvalue weighted by atomic mass is 32.1. The minimum absolute atomic E-state index is 0.167. The van der Waals surface area contributed by atoms with Crippen molar-refractivity contribution in [3.63, 3.8) is 0 Å². The summed E-state index contributed by atoms with van der Waals surface area (Å²) in [6, 6.07) is 1.86. The molecule has 0 bridgehead atoms. The molecule has 88 valence electrons. The van der Waals surface area contributed by atoms with Gasteiger partial charge in [0.05, 0.1) is 4.88 Å². The van der Waals surface area contributed by atoms with Gasteiger partial charge in [0.15, 0.2) is 0 Å². The third kappa shape index (κ3) is 2.61. The molecule has 0 aromatic carbocycles. The number of hydrogen-bond acceptors (Lipinski definition) is 3. The summed E-state index contributed by atoms with van der Waals surface area (Å²) < 4.78 is 0. The van der Waals surface area contributed by atoms with E-state index >= 15 is 0 Å². The van der Waals surface area contributed by atoms with Crippen LogP contribution in [0.1, 0.15) is 36.4 Å². The van der Waals surface area contributed by atoms with E-state index < -0.39 is 0 Å². The number of likely N-dealkylation sites (tertiary alicyclic amines) is 1. The zero-order valence-corrected chi connectivity index (χ0v) is 11.4. The van der Waals surface area contributed by atoms with Crippen LogP contribution in [-0.4, -0.2) is 23.9 Å². The van der Waals surface area contributed by atoms with E-state index in [0.29, 0.717) is 5.41 Å². The molecule has 1 aromatic rings. The largest absolute Gasteiger partial charge is 0.338 e. The Bertz CT molecular complexity index is 387. The van der Waals surface area contributed by atoms with Crippen LogP contribution in [0.25, 0.3) is 0 Å². The smallest absolute Gasteiger partial charge is 0.263 e. The van der Waals surface area contributed by atoms with Crippen LogP contribution in [0.15, 0.2) is 16.3 Å². The molecule has 1 amide bonds. The second-order valence-electron chi connectivity index (χ2n) is 5.13. The van der Waals surface area contributed by atoms with Crippen LogP contribution in [0.3, 0.4) is 0 Å². The Hall–Kier alpha value is -0.480. The fourth-order valence-corrected chi connectivity index (χ4v) is 3.02. The molecule has 1 saturated heterocycles. The van der Waals surface area contributed by atoms with Gasteiger partial charge in [-0.05, 0) is 24.3 Å². The Labute approximate surface area is 106 Å². The number of hydrogen-bond donors (Lipinski definition) is 1. The molecule has 1 aliphatic heterocycles. The van der Waals surface area contributed by atoms with Gasteiger partial charge in [-0.1, -0.05) is 13.8 Å². The minimum Gasteiger partial charge on any atom is -0.338 e. The molecule has 0 unspecified atom stereocenters. The molecule has 2 heterocycles. The van der Waals surface area contributed by atoms with Crippen molar-refractivity contribution in [2.24, 2.45) is 5.41 Å². The second kappa shape index (κ2) is 4.41.